The average molecular weight is 288 g/mol. The van der Waals surface area contributed by atoms with E-state index >= 15 is 0 Å². The molecular weight excluding hydrogens is 264 g/mol. The maximum absolute atomic E-state index is 6.29. The molecule has 3 fully saturated rings. The van der Waals surface area contributed by atoms with Crippen molar-refractivity contribution in [3.8, 4) is 0 Å². The Labute approximate surface area is 126 Å². The SMILES string of the molecule is c1cc(CO[C@@H]2[C@H]3CC[C@H]2OCCN3C2CCC2)ccn1. The van der Waals surface area contributed by atoms with Crippen LogP contribution in [0.4, 0.5) is 0 Å². The summed E-state index contributed by atoms with van der Waals surface area (Å²) in [5.41, 5.74) is 1.20. The van der Waals surface area contributed by atoms with Gasteiger partial charge in [0.05, 0.1) is 25.4 Å². The first-order valence-corrected chi connectivity index (χ1v) is 8.30. The highest BCUT2D eigenvalue weighted by molar-refractivity contribution is 5.08. The number of rotatable bonds is 4. The highest BCUT2D eigenvalue weighted by Crippen LogP contribution is 2.37. The minimum Gasteiger partial charge on any atom is -0.374 e. The number of aromatic nitrogens is 1. The van der Waals surface area contributed by atoms with Crippen LogP contribution in [0.3, 0.4) is 0 Å². The predicted octanol–water partition coefficient (Wildman–Crippen LogP) is 2.38. The van der Waals surface area contributed by atoms with Crippen LogP contribution in [0.5, 0.6) is 0 Å². The largest absolute Gasteiger partial charge is 0.374 e. The first-order chi connectivity index (χ1) is 10.4. The van der Waals surface area contributed by atoms with Gasteiger partial charge in [-0.25, -0.2) is 0 Å². The fraction of sp³-hybridized carbons (Fsp3) is 0.706. The number of fused-ring (bicyclic) bond motifs is 2. The Bertz CT molecular complexity index is 463. The molecule has 1 aliphatic heterocycles. The standard InChI is InChI=1S/C17H24N2O2/c1-2-14(3-1)19-10-11-20-16-5-4-15(19)17(16)21-12-13-6-8-18-9-7-13/h6-9,14-17H,1-5,10-12H2/t15-,16-,17-/m1/s1. The molecule has 0 amide bonds. The Morgan fingerprint density at radius 3 is 2.81 bits per heavy atom. The molecule has 0 radical (unpaired) electrons. The van der Waals surface area contributed by atoms with Crippen LogP contribution in [-0.2, 0) is 16.1 Å². The first kappa shape index (κ1) is 13.7. The summed E-state index contributed by atoms with van der Waals surface area (Å²) in [5.74, 6) is 0. The lowest BCUT2D eigenvalue weighted by Crippen LogP contribution is -2.50. The lowest BCUT2D eigenvalue weighted by Gasteiger charge is -2.42. The quantitative estimate of drug-likeness (QED) is 0.852. The van der Waals surface area contributed by atoms with Gasteiger partial charge in [0.15, 0.2) is 0 Å². The first-order valence-electron chi connectivity index (χ1n) is 8.30. The van der Waals surface area contributed by atoms with Crippen LogP contribution in [0.1, 0.15) is 37.7 Å². The molecule has 0 aromatic carbocycles. The Morgan fingerprint density at radius 1 is 1.19 bits per heavy atom. The van der Waals surface area contributed by atoms with Gasteiger partial charge >= 0.3 is 0 Å². The maximum Gasteiger partial charge on any atom is 0.0995 e. The summed E-state index contributed by atoms with van der Waals surface area (Å²) in [4.78, 5) is 6.75. The van der Waals surface area contributed by atoms with Gasteiger partial charge in [0.25, 0.3) is 0 Å². The Kier molecular flexibility index (Phi) is 3.93. The molecule has 1 aromatic rings. The molecular formula is C17H24N2O2. The second kappa shape index (κ2) is 6.03. The van der Waals surface area contributed by atoms with Crippen molar-refractivity contribution in [1.29, 1.82) is 0 Å². The fourth-order valence-electron chi connectivity index (χ4n) is 3.98. The van der Waals surface area contributed by atoms with Crippen molar-refractivity contribution < 1.29 is 9.47 Å². The van der Waals surface area contributed by atoms with Crippen LogP contribution in [-0.4, -0.2) is 47.3 Å². The third-order valence-electron chi connectivity index (χ3n) is 5.34. The van der Waals surface area contributed by atoms with E-state index in [1.54, 1.807) is 0 Å². The molecule has 2 bridgehead atoms. The molecule has 0 spiro atoms. The van der Waals surface area contributed by atoms with Gasteiger partial charge in [-0.3, -0.25) is 9.88 Å². The van der Waals surface area contributed by atoms with Crippen LogP contribution in [0.2, 0.25) is 0 Å². The van der Waals surface area contributed by atoms with Gasteiger partial charge in [-0.15, -0.1) is 0 Å². The maximum atomic E-state index is 6.29. The molecule has 4 heteroatoms. The molecule has 2 heterocycles. The average Bonchev–Trinajstić information content (AvgIpc) is 2.76. The van der Waals surface area contributed by atoms with Gasteiger partial charge in [0.2, 0.25) is 0 Å². The van der Waals surface area contributed by atoms with E-state index < -0.39 is 0 Å². The summed E-state index contributed by atoms with van der Waals surface area (Å²) in [6, 6.07) is 5.40. The number of hydrogen-bond acceptors (Lipinski definition) is 4. The zero-order chi connectivity index (χ0) is 14.1. The van der Waals surface area contributed by atoms with Gasteiger partial charge in [-0.05, 0) is 43.4 Å². The van der Waals surface area contributed by atoms with E-state index in [1.807, 2.05) is 24.5 Å². The minimum atomic E-state index is 0.237. The van der Waals surface area contributed by atoms with Crippen molar-refractivity contribution >= 4 is 0 Å². The van der Waals surface area contributed by atoms with Crippen LogP contribution in [0.25, 0.3) is 0 Å². The molecule has 1 aromatic heterocycles. The zero-order valence-electron chi connectivity index (χ0n) is 12.5. The number of nitrogens with zero attached hydrogens (tertiary/aromatic N) is 2. The summed E-state index contributed by atoms with van der Waals surface area (Å²) < 4.78 is 12.4. The van der Waals surface area contributed by atoms with Gasteiger partial charge < -0.3 is 9.47 Å². The van der Waals surface area contributed by atoms with Crippen molar-refractivity contribution in [2.45, 2.75) is 63.0 Å². The van der Waals surface area contributed by atoms with Crippen LogP contribution in [0, 0.1) is 0 Å². The molecule has 114 valence electrons. The van der Waals surface area contributed by atoms with Crippen molar-refractivity contribution in [3.05, 3.63) is 30.1 Å². The summed E-state index contributed by atoms with van der Waals surface area (Å²) >= 11 is 0. The normalized spacial score (nSPS) is 33.6. The van der Waals surface area contributed by atoms with Crippen LogP contribution < -0.4 is 0 Å². The minimum absolute atomic E-state index is 0.237. The summed E-state index contributed by atoms with van der Waals surface area (Å²) in [5, 5.41) is 0. The number of ether oxygens (including phenoxy) is 2. The van der Waals surface area contributed by atoms with E-state index in [9.17, 15) is 0 Å². The van der Waals surface area contributed by atoms with E-state index in [-0.39, 0.29) is 6.10 Å². The third kappa shape index (κ3) is 2.72. The van der Waals surface area contributed by atoms with Crippen molar-refractivity contribution in [2.75, 3.05) is 13.2 Å². The topological polar surface area (TPSA) is 34.6 Å². The fourth-order valence-corrected chi connectivity index (χ4v) is 3.98. The lowest BCUT2D eigenvalue weighted by molar-refractivity contribution is -0.0651. The van der Waals surface area contributed by atoms with E-state index in [0.717, 1.165) is 25.6 Å². The molecule has 3 aliphatic rings. The number of pyridine rings is 1. The second-order valence-electron chi connectivity index (χ2n) is 6.51. The summed E-state index contributed by atoms with van der Waals surface area (Å²) in [6.45, 7) is 2.62. The molecule has 1 saturated heterocycles. The lowest BCUT2D eigenvalue weighted by atomic mass is 9.90. The van der Waals surface area contributed by atoms with Crippen LogP contribution >= 0.6 is 0 Å². The number of hydrogen-bond donors (Lipinski definition) is 0. The van der Waals surface area contributed by atoms with Gasteiger partial charge in [0, 0.05) is 31.0 Å². The van der Waals surface area contributed by atoms with Gasteiger partial charge in [-0.2, -0.15) is 0 Å². The van der Waals surface area contributed by atoms with Crippen molar-refractivity contribution in [1.82, 2.24) is 9.88 Å². The molecule has 2 saturated carbocycles. The zero-order valence-corrected chi connectivity index (χ0v) is 12.5. The molecule has 3 atom stereocenters. The molecule has 0 N–H and O–H groups in total. The highest BCUT2D eigenvalue weighted by Gasteiger charge is 2.45. The van der Waals surface area contributed by atoms with E-state index in [0.29, 0.717) is 18.8 Å². The smallest absolute Gasteiger partial charge is 0.0995 e. The van der Waals surface area contributed by atoms with Crippen molar-refractivity contribution in [2.24, 2.45) is 0 Å². The van der Waals surface area contributed by atoms with Crippen LogP contribution in [0.15, 0.2) is 24.5 Å². The Balaban J connectivity index is 1.45. The monoisotopic (exact) mass is 288 g/mol. The summed E-state index contributed by atoms with van der Waals surface area (Å²) in [7, 11) is 0. The molecule has 21 heavy (non-hydrogen) atoms. The van der Waals surface area contributed by atoms with E-state index in [4.69, 9.17) is 9.47 Å². The summed E-state index contributed by atoms with van der Waals surface area (Å²) in [6.07, 6.45) is 10.7. The van der Waals surface area contributed by atoms with Gasteiger partial charge in [-0.1, -0.05) is 6.42 Å². The Hall–Kier alpha value is -0.970. The predicted molar refractivity (Wildman–Crippen MR) is 79.9 cm³/mol. The van der Waals surface area contributed by atoms with E-state index in [1.165, 1.54) is 31.2 Å². The second-order valence-corrected chi connectivity index (χ2v) is 6.51. The van der Waals surface area contributed by atoms with Gasteiger partial charge in [0.1, 0.15) is 0 Å². The van der Waals surface area contributed by atoms with Crippen molar-refractivity contribution in [3.63, 3.8) is 0 Å². The molecule has 2 aliphatic carbocycles. The Morgan fingerprint density at radius 2 is 2.05 bits per heavy atom. The highest BCUT2D eigenvalue weighted by atomic mass is 16.5. The molecule has 0 unspecified atom stereocenters. The third-order valence-corrected chi connectivity index (χ3v) is 5.34. The van der Waals surface area contributed by atoms with E-state index in [2.05, 4.69) is 9.88 Å². The molecule has 4 nitrogen and oxygen atoms in total. The molecule has 4 rings (SSSR count).